The number of hydrogen-bond acceptors (Lipinski definition) is 1. The van der Waals surface area contributed by atoms with Crippen LogP contribution in [0.15, 0.2) is 42.5 Å². The molecular weight excluding hydrogens is 244 g/mol. The highest BCUT2D eigenvalue weighted by atomic mass is 19.1. The maximum absolute atomic E-state index is 13.6. The molecule has 1 atom stereocenters. The third kappa shape index (κ3) is 3.38. The predicted octanol–water partition coefficient (Wildman–Crippen LogP) is 4.12. The van der Waals surface area contributed by atoms with Crippen molar-refractivity contribution in [3.05, 3.63) is 70.8 Å². The summed E-state index contributed by atoms with van der Waals surface area (Å²) in [7, 11) is 0. The Labute approximate surface area is 112 Å². The second kappa shape index (κ2) is 5.93. The first-order chi connectivity index (χ1) is 9.08. The van der Waals surface area contributed by atoms with Gasteiger partial charge >= 0.3 is 0 Å². The van der Waals surface area contributed by atoms with E-state index < -0.39 is 0 Å². The molecule has 1 unspecified atom stereocenters. The van der Waals surface area contributed by atoms with Crippen molar-refractivity contribution in [2.45, 2.75) is 26.4 Å². The molecule has 0 saturated carbocycles. The molecule has 2 aromatic rings. The lowest BCUT2D eigenvalue weighted by Gasteiger charge is -2.16. The van der Waals surface area contributed by atoms with E-state index in [9.17, 15) is 8.78 Å². The lowest BCUT2D eigenvalue weighted by Crippen LogP contribution is -2.19. The standard InChI is InChI=1S/C16H17F2N/c1-11-9-14(17)8-7-13(11)10-19-12(2)15-5-3-4-6-16(15)18/h3-9,12,19H,10H2,1-2H3. The van der Waals surface area contributed by atoms with Crippen molar-refractivity contribution in [2.24, 2.45) is 0 Å². The van der Waals surface area contributed by atoms with E-state index in [0.29, 0.717) is 12.1 Å². The topological polar surface area (TPSA) is 12.0 Å². The summed E-state index contributed by atoms with van der Waals surface area (Å²) in [5, 5.41) is 3.25. The van der Waals surface area contributed by atoms with Gasteiger partial charge in [-0.2, -0.15) is 0 Å². The molecule has 100 valence electrons. The van der Waals surface area contributed by atoms with Crippen LogP contribution in [0.5, 0.6) is 0 Å². The van der Waals surface area contributed by atoms with Crippen LogP contribution in [-0.4, -0.2) is 0 Å². The fraction of sp³-hybridized carbons (Fsp3) is 0.250. The Morgan fingerprint density at radius 1 is 1.11 bits per heavy atom. The van der Waals surface area contributed by atoms with E-state index >= 15 is 0 Å². The minimum Gasteiger partial charge on any atom is -0.306 e. The van der Waals surface area contributed by atoms with E-state index in [1.54, 1.807) is 18.2 Å². The summed E-state index contributed by atoms with van der Waals surface area (Å²) in [6.07, 6.45) is 0. The summed E-state index contributed by atoms with van der Waals surface area (Å²) in [5.41, 5.74) is 2.56. The minimum absolute atomic E-state index is 0.0920. The van der Waals surface area contributed by atoms with Gasteiger partial charge in [-0.15, -0.1) is 0 Å². The molecule has 0 aliphatic carbocycles. The first kappa shape index (κ1) is 13.7. The van der Waals surface area contributed by atoms with Gasteiger partial charge in [0.1, 0.15) is 11.6 Å². The fourth-order valence-corrected chi connectivity index (χ4v) is 2.06. The molecule has 0 amide bonds. The number of rotatable bonds is 4. The van der Waals surface area contributed by atoms with Crippen LogP contribution in [0.1, 0.15) is 29.7 Å². The summed E-state index contributed by atoms with van der Waals surface area (Å²) in [4.78, 5) is 0. The number of hydrogen-bond donors (Lipinski definition) is 1. The molecule has 0 radical (unpaired) electrons. The van der Waals surface area contributed by atoms with Gasteiger partial charge in [-0.25, -0.2) is 8.78 Å². The highest BCUT2D eigenvalue weighted by molar-refractivity contribution is 5.27. The Bertz CT molecular complexity index is 566. The molecule has 1 nitrogen and oxygen atoms in total. The quantitative estimate of drug-likeness (QED) is 0.872. The molecule has 0 spiro atoms. The molecule has 0 aromatic heterocycles. The van der Waals surface area contributed by atoms with Crippen molar-refractivity contribution < 1.29 is 8.78 Å². The number of aryl methyl sites for hydroxylation is 1. The Morgan fingerprint density at radius 2 is 1.84 bits per heavy atom. The fourth-order valence-electron chi connectivity index (χ4n) is 2.06. The Balaban J connectivity index is 2.04. The zero-order chi connectivity index (χ0) is 13.8. The second-order valence-corrected chi connectivity index (χ2v) is 4.69. The first-order valence-electron chi connectivity index (χ1n) is 6.31. The van der Waals surface area contributed by atoms with Gasteiger partial charge in [-0.3, -0.25) is 0 Å². The van der Waals surface area contributed by atoms with Crippen molar-refractivity contribution in [3.63, 3.8) is 0 Å². The Morgan fingerprint density at radius 3 is 2.53 bits per heavy atom. The minimum atomic E-state index is -0.233. The van der Waals surface area contributed by atoms with Gasteiger partial charge in [0.15, 0.2) is 0 Å². The van der Waals surface area contributed by atoms with Gasteiger partial charge in [-0.1, -0.05) is 24.3 Å². The molecule has 0 aliphatic rings. The monoisotopic (exact) mass is 261 g/mol. The summed E-state index contributed by atoms with van der Waals surface area (Å²) in [5.74, 6) is -0.443. The zero-order valence-electron chi connectivity index (χ0n) is 11.1. The molecule has 0 bridgehead atoms. The summed E-state index contributed by atoms with van der Waals surface area (Å²) < 4.78 is 26.6. The van der Waals surface area contributed by atoms with Crippen molar-refractivity contribution in [1.82, 2.24) is 5.32 Å². The SMILES string of the molecule is Cc1cc(F)ccc1CNC(C)c1ccccc1F. The van der Waals surface area contributed by atoms with E-state index in [1.807, 2.05) is 19.9 Å². The van der Waals surface area contributed by atoms with Crippen LogP contribution in [0.25, 0.3) is 0 Å². The van der Waals surface area contributed by atoms with E-state index in [1.165, 1.54) is 18.2 Å². The van der Waals surface area contributed by atoms with Crippen LogP contribution in [0.2, 0.25) is 0 Å². The average Bonchev–Trinajstić information content (AvgIpc) is 2.38. The van der Waals surface area contributed by atoms with Gasteiger partial charge in [0.25, 0.3) is 0 Å². The molecule has 2 rings (SSSR count). The first-order valence-corrected chi connectivity index (χ1v) is 6.31. The molecule has 0 aliphatic heterocycles. The normalized spacial score (nSPS) is 12.4. The van der Waals surface area contributed by atoms with Gasteiger partial charge in [0.05, 0.1) is 0 Å². The molecule has 2 aromatic carbocycles. The van der Waals surface area contributed by atoms with Gasteiger partial charge in [-0.05, 0) is 43.2 Å². The number of halogens is 2. The van der Waals surface area contributed by atoms with Crippen LogP contribution < -0.4 is 5.32 Å². The van der Waals surface area contributed by atoms with Crippen molar-refractivity contribution >= 4 is 0 Å². The largest absolute Gasteiger partial charge is 0.306 e. The molecule has 0 heterocycles. The van der Waals surface area contributed by atoms with Crippen LogP contribution in [0.4, 0.5) is 8.78 Å². The third-order valence-corrected chi connectivity index (χ3v) is 3.28. The maximum Gasteiger partial charge on any atom is 0.127 e. The zero-order valence-corrected chi connectivity index (χ0v) is 11.1. The van der Waals surface area contributed by atoms with Crippen molar-refractivity contribution in [3.8, 4) is 0 Å². The smallest absolute Gasteiger partial charge is 0.127 e. The molecule has 19 heavy (non-hydrogen) atoms. The van der Waals surface area contributed by atoms with Crippen LogP contribution in [-0.2, 0) is 6.54 Å². The number of nitrogens with one attached hydrogen (secondary N) is 1. The summed E-state index contributed by atoms with van der Waals surface area (Å²) in [6.45, 7) is 4.37. The summed E-state index contributed by atoms with van der Waals surface area (Å²) >= 11 is 0. The average molecular weight is 261 g/mol. The van der Waals surface area contributed by atoms with E-state index in [2.05, 4.69) is 5.32 Å². The lowest BCUT2D eigenvalue weighted by atomic mass is 10.1. The van der Waals surface area contributed by atoms with Gasteiger partial charge in [0, 0.05) is 18.2 Å². The van der Waals surface area contributed by atoms with E-state index in [4.69, 9.17) is 0 Å². The van der Waals surface area contributed by atoms with E-state index in [0.717, 1.165) is 11.1 Å². The highest BCUT2D eigenvalue weighted by Crippen LogP contribution is 2.17. The molecular formula is C16H17F2N. The third-order valence-electron chi connectivity index (χ3n) is 3.28. The molecule has 1 N–H and O–H groups in total. The Kier molecular flexibility index (Phi) is 4.27. The second-order valence-electron chi connectivity index (χ2n) is 4.69. The van der Waals surface area contributed by atoms with Crippen molar-refractivity contribution in [1.29, 1.82) is 0 Å². The van der Waals surface area contributed by atoms with Crippen LogP contribution in [0, 0.1) is 18.6 Å². The number of benzene rings is 2. The van der Waals surface area contributed by atoms with E-state index in [-0.39, 0.29) is 17.7 Å². The predicted molar refractivity (Wildman–Crippen MR) is 72.8 cm³/mol. The highest BCUT2D eigenvalue weighted by Gasteiger charge is 2.10. The lowest BCUT2D eigenvalue weighted by molar-refractivity contribution is 0.527. The molecule has 0 fully saturated rings. The molecule has 0 saturated heterocycles. The van der Waals surface area contributed by atoms with Gasteiger partial charge < -0.3 is 5.32 Å². The van der Waals surface area contributed by atoms with Crippen molar-refractivity contribution in [2.75, 3.05) is 0 Å². The van der Waals surface area contributed by atoms with Crippen LogP contribution in [0.3, 0.4) is 0 Å². The van der Waals surface area contributed by atoms with Crippen LogP contribution >= 0.6 is 0 Å². The Hall–Kier alpha value is -1.74. The summed E-state index contributed by atoms with van der Waals surface area (Å²) in [6, 6.07) is 11.3. The van der Waals surface area contributed by atoms with Gasteiger partial charge in [0.2, 0.25) is 0 Å². The molecule has 3 heteroatoms. The maximum atomic E-state index is 13.6.